The maximum Gasteiger partial charge on any atom is 0.338 e. The number of rotatable bonds is 6. The Morgan fingerprint density at radius 2 is 2.12 bits per heavy atom. The number of carbonyl (C=O) groups is 1. The van der Waals surface area contributed by atoms with Crippen molar-refractivity contribution in [3.63, 3.8) is 0 Å². The van der Waals surface area contributed by atoms with Gasteiger partial charge in [0.1, 0.15) is 0 Å². The summed E-state index contributed by atoms with van der Waals surface area (Å²) in [6.45, 7) is 6.06. The molecule has 0 bridgehead atoms. The van der Waals surface area contributed by atoms with Crippen LogP contribution in [0.1, 0.15) is 36.2 Å². The van der Waals surface area contributed by atoms with Gasteiger partial charge >= 0.3 is 5.97 Å². The van der Waals surface area contributed by atoms with Gasteiger partial charge in [0.05, 0.1) is 12.2 Å². The van der Waals surface area contributed by atoms with Gasteiger partial charge in [0.15, 0.2) is 0 Å². The van der Waals surface area contributed by atoms with Crippen LogP contribution in [-0.2, 0) is 11.3 Å². The van der Waals surface area contributed by atoms with Crippen molar-refractivity contribution in [3.05, 3.63) is 33.8 Å². The van der Waals surface area contributed by atoms with Gasteiger partial charge in [-0.1, -0.05) is 22.9 Å². The molecule has 0 aliphatic carbocycles. The largest absolute Gasteiger partial charge is 0.462 e. The average molecular weight is 300 g/mol. The molecule has 0 spiro atoms. The van der Waals surface area contributed by atoms with E-state index in [2.05, 4.69) is 28.2 Å². The van der Waals surface area contributed by atoms with E-state index >= 15 is 0 Å². The lowest BCUT2D eigenvalue weighted by molar-refractivity contribution is 0.0526. The third-order valence-corrected chi connectivity index (χ3v) is 2.68. The SMILES string of the molecule is CCCNCc1cc(Br)cc(C(=O)OCC)c1. The summed E-state index contributed by atoms with van der Waals surface area (Å²) in [4.78, 5) is 11.6. The molecule has 0 saturated carbocycles. The van der Waals surface area contributed by atoms with Gasteiger partial charge in [-0.05, 0) is 43.7 Å². The molecule has 4 heteroatoms. The van der Waals surface area contributed by atoms with Gasteiger partial charge < -0.3 is 10.1 Å². The third kappa shape index (κ3) is 4.88. The molecule has 0 aliphatic heterocycles. The van der Waals surface area contributed by atoms with Crippen LogP contribution in [0.15, 0.2) is 22.7 Å². The van der Waals surface area contributed by atoms with Gasteiger partial charge in [-0.25, -0.2) is 4.79 Å². The number of carbonyl (C=O) groups excluding carboxylic acids is 1. The van der Waals surface area contributed by atoms with Gasteiger partial charge in [0.2, 0.25) is 0 Å². The minimum Gasteiger partial charge on any atom is -0.462 e. The zero-order chi connectivity index (χ0) is 12.7. The van der Waals surface area contributed by atoms with Crippen LogP contribution in [0.2, 0.25) is 0 Å². The van der Waals surface area contributed by atoms with Crippen molar-refractivity contribution in [3.8, 4) is 0 Å². The summed E-state index contributed by atoms with van der Waals surface area (Å²) in [6, 6.07) is 5.65. The predicted octanol–water partition coefficient (Wildman–Crippen LogP) is 3.13. The Morgan fingerprint density at radius 3 is 2.76 bits per heavy atom. The highest BCUT2D eigenvalue weighted by atomic mass is 79.9. The number of esters is 1. The van der Waals surface area contributed by atoms with Gasteiger partial charge in [-0.15, -0.1) is 0 Å². The molecule has 0 unspecified atom stereocenters. The Hall–Kier alpha value is -0.870. The van der Waals surface area contributed by atoms with Crippen LogP contribution in [-0.4, -0.2) is 19.1 Å². The maximum absolute atomic E-state index is 11.6. The first kappa shape index (κ1) is 14.2. The van der Waals surface area contributed by atoms with Crippen molar-refractivity contribution in [2.75, 3.05) is 13.2 Å². The highest BCUT2D eigenvalue weighted by molar-refractivity contribution is 9.10. The summed E-state index contributed by atoms with van der Waals surface area (Å²) in [5, 5.41) is 3.30. The quantitative estimate of drug-likeness (QED) is 0.648. The topological polar surface area (TPSA) is 38.3 Å². The van der Waals surface area contributed by atoms with Crippen molar-refractivity contribution in [1.29, 1.82) is 0 Å². The van der Waals surface area contributed by atoms with Crippen LogP contribution in [0, 0.1) is 0 Å². The fourth-order valence-electron chi connectivity index (χ4n) is 1.49. The van der Waals surface area contributed by atoms with E-state index in [0.717, 1.165) is 29.5 Å². The molecular weight excluding hydrogens is 282 g/mol. The van der Waals surface area contributed by atoms with Gasteiger partial charge in [-0.3, -0.25) is 0 Å². The molecule has 0 saturated heterocycles. The highest BCUT2D eigenvalue weighted by Crippen LogP contribution is 2.16. The van der Waals surface area contributed by atoms with E-state index in [1.54, 1.807) is 13.0 Å². The minimum atomic E-state index is -0.273. The smallest absolute Gasteiger partial charge is 0.338 e. The molecule has 1 rings (SSSR count). The van der Waals surface area contributed by atoms with Crippen LogP contribution < -0.4 is 5.32 Å². The lowest BCUT2D eigenvalue weighted by Crippen LogP contribution is -2.14. The number of hydrogen-bond acceptors (Lipinski definition) is 3. The standard InChI is InChI=1S/C13H18BrNO2/c1-3-5-15-9-10-6-11(8-12(14)7-10)13(16)17-4-2/h6-8,15H,3-5,9H2,1-2H3. The monoisotopic (exact) mass is 299 g/mol. The normalized spacial score (nSPS) is 10.3. The maximum atomic E-state index is 11.6. The lowest BCUT2D eigenvalue weighted by atomic mass is 10.1. The van der Waals surface area contributed by atoms with E-state index in [1.807, 2.05) is 12.1 Å². The second-order valence-electron chi connectivity index (χ2n) is 3.75. The van der Waals surface area contributed by atoms with Crippen molar-refractivity contribution in [2.45, 2.75) is 26.8 Å². The molecule has 3 nitrogen and oxygen atoms in total. The Morgan fingerprint density at radius 1 is 1.35 bits per heavy atom. The number of halogens is 1. The number of hydrogen-bond donors (Lipinski definition) is 1. The summed E-state index contributed by atoms with van der Waals surface area (Å²) in [5.41, 5.74) is 1.67. The Labute approximate surface area is 111 Å². The molecule has 0 radical (unpaired) electrons. The highest BCUT2D eigenvalue weighted by Gasteiger charge is 2.08. The minimum absolute atomic E-state index is 0.273. The first-order chi connectivity index (χ1) is 8.17. The van der Waals surface area contributed by atoms with Gasteiger partial charge in [0.25, 0.3) is 0 Å². The molecule has 0 amide bonds. The molecule has 1 aromatic carbocycles. The molecule has 17 heavy (non-hydrogen) atoms. The molecule has 1 aromatic rings. The fraction of sp³-hybridized carbons (Fsp3) is 0.462. The molecule has 0 aromatic heterocycles. The van der Waals surface area contributed by atoms with Crippen LogP contribution in [0.5, 0.6) is 0 Å². The van der Waals surface area contributed by atoms with E-state index in [-0.39, 0.29) is 5.97 Å². The van der Waals surface area contributed by atoms with Crippen molar-refractivity contribution in [1.82, 2.24) is 5.32 Å². The molecule has 94 valence electrons. The van der Waals surface area contributed by atoms with Crippen molar-refractivity contribution < 1.29 is 9.53 Å². The summed E-state index contributed by atoms with van der Waals surface area (Å²) >= 11 is 3.41. The van der Waals surface area contributed by atoms with E-state index in [0.29, 0.717) is 12.2 Å². The molecule has 0 atom stereocenters. The number of nitrogens with one attached hydrogen (secondary N) is 1. The van der Waals surface area contributed by atoms with E-state index in [1.165, 1.54) is 0 Å². The van der Waals surface area contributed by atoms with Gasteiger partial charge in [0, 0.05) is 11.0 Å². The second-order valence-corrected chi connectivity index (χ2v) is 4.66. The first-order valence-corrected chi connectivity index (χ1v) is 6.64. The van der Waals surface area contributed by atoms with Crippen LogP contribution in [0.25, 0.3) is 0 Å². The molecular formula is C13H18BrNO2. The van der Waals surface area contributed by atoms with Crippen LogP contribution >= 0.6 is 15.9 Å². The van der Waals surface area contributed by atoms with Crippen molar-refractivity contribution in [2.24, 2.45) is 0 Å². The fourth-order valence-corrected chi connectivity index (χ4v) is 2.03. The predicted molar refractivity (Wildman–Crippen MR) is 72.1 cm³/mol. The first-order valence-electron chi connectivity index (χ1n) is 5.84. The average Bonchev–Trinajstić information content (AvgIpc) is 2.29. The molecule has 0 heterocycles. The number of ether oxygens (including phenoxy) is 1. The summed E-state index contributed by atoms with van der Waals surface area (Å²) < 4.78 is 5.88. The zero-order valence-electron chi connectivity index (χ0n) is 10.3. The zero-order valence-corrected chi connectivity index (χ0v) is 11.8. The Bertz CT molecular complexity index is 380. The van der Waals surface area contributed by atoms with Crippen LogP contribution in [0.3, 0.4) is 0 Å². The molecule has 0 aliphatic rings. The van der Waals surface area contributed by atoms with E-state index in [4.69, 9.17) is 4.74 Å². The van der Waals surface area contributed by atoms with Crippen molar-refractivity contribution >= 4 is 21.9 Å². The molecule has 1 N–H and O–H groups in total. The molecule has 0 fully saturated rings. The third-order valence-electron chi connectivity index (χ3n) is 2.22. The summed E-state index contributed by atoms with van der Waals surface area (Å²) in [7, 11) is 0. The second kappa shape index (κ2) is 7.45. The number of benzene rings is 1. The van der Waals surface area contributed by atoms with E-state index < -0.39 is 0 Å². The Kier molecular flexibility index (Phi) is 6.22. The van der Waals surface area contributed by atoms with Crippen LogP contribution in [0.4, 0.5) is 0 Å². The summed E-state index contributed by atoms with van der Waals surface area (Å²) in [6.07, 6.45) is 1.10. The Balaban J connectivity index is 2.75. The lowest BCUT2D eigenvalue weighted by Gasteiger charge is -2.07. The summed E-state index contributed by atoms with van der Waals surface area (Å²) in [5.74, 6) is -0.273. The van der Waals surface area contributed by atoms with Gasteiger partial charge in [-0.2, -0.15) is 0 Å². The van der Waals surface area contributed by atoms with E-state index in [9.17, 15) is 4.79 Å².